The Balaban J connectivity index is 1.51. The van der Waals surface area contributed by atoms with E-state index >= 15 is 0 Å². The Labute approximate surface area is 162 Å². The number of aromatic nitrogens is 4. The van der Waals surface area contributed by atoms with Gasteiger partial charge in [0.1, 0.15) is 5.82 Å². The van der Waals surface area contributed by atoms with E-state index in [4.69, 9.17) is 0 Å². The smallest absolute Gasteiger partial charge is 0.300 e. The Morgan fingerprint density at radius 2 is 1.89 bits per heavy atom. The number of fused-ring (bicyclic) bond motifs is 1. The topological polar surface area (TPSA) is 81.3 Å². The predicted octanol–water partition coefficient (Wildman–Crippen LogP) is 2.75. The zero-order chi connectivity index (χ0) is 19.5. The standard InChI is InChI=1S/C19H14FN5O2S/c20-13-5-4-6-14(11-13)21-16(26)12-28-19-23-22-17-18(27)24(9-10-25(17)19)15-7-2-1-3-8-15/h1-11H,12H2,(H,21,26). The fourth-order valence-corrected chi connectivity index (χ4v) is 3.37. The molecule has 4 aromatic rings. The summed E-state index contributed by atoms with van der Waals surface area (Å²) in [7, 11) is 0. The monoisotopic (exact) mass is 395 g/mol. The van der Waals surface area contributed by atoms with Gasteiger partial charge in [0.15, 0.2) is 5.16 Å². The summed E-state index contributed by atoms with van der Waals surface area (Å²) in [6, 6.07) is 14.8. The summed E-state index contributed by atoms with van der Waals surface area (Å²) in [4.78, 5) is 24.8. The van der Waals surface area contributed by atoms with Crippen molar-refractivity contribution >= 4 is 29.0 Å². The number of nitrogens with zero attached hydrogens (tertiary/aromatic N) is 4. The lowest BCUT2D eigenvalue weighted by atomic mass is 10.3. The number of thioether (sulfide) groups is 1. The highest BCUT2D eigenvalue weighted by molar-refractivity contribution is 7.99. The number of carbonyl (C=O) groups is 1. The molecule has 0 aliphatic rings. The van der Waals surface area contributed by atoms with Crippen LogP contribution in [0, 0.1) is 5.82 Å². The minimum Gasteiger partial charge on any atom is -0.325 e. The van der Waals surface area contributed by atoms with Crippen molar-refractivity contribution in [3.8, 4) is 5.69 Å². The molecule has 1 amide bonds. The molecule has 2 aromatic heterocycles. The lowest BCUT2D eigenvalue weighted by Gasteiger charge is -2.06. The van der Waals surface area contributed by atoms with E-state index in [0.29, 0.717) is 10.8 Å². The Bertz CT molecular complexity index is 1210. The molecule has 0 aliphatic carbocycles. The number of benzene rings is 2. The summed E-state index contributed by atoms with van der Waals surface area (Å²) in [6.07, 6.45) is 3.31. The summed E-state index contributed by atoms with van der Waals surface area (Å²) in [5, 5.41) is 11.0. The first-order valence-electron chi connectivity index (χ1n) is 8.32. The zero-order valence-corrected chi connectivity index (χ0v) is 15.3. The van der Waals surface area contributed by atoms with Gasteiger partial charge in [0.25, 0.3) is 0 Å². The Hall–Kier alpha value is -3.46. The lowest BCUT2D eigenvalue weighted by molar-refractivity contribution is -0.113. The van der Waals surface area contributed by atoms with Crippen LogP contribution in [0.25, 0.3) is 11.3 Å². The largest absolute Gasteiger partial charge is 0.325 e. The van der Waals surface area contributed by atoms with E-state index in [1.165, 1.54) is 22.8 Å². The van der Waals surface area contributed by atoms with Crippen LogP contribution in [0.4, 0.5) is 10.1 Å². The maximum atomic E-state index is 13.2. The Kier molecular flexibility index (Phi) is 4.90. The van der Waals surface area contributed by atoms with Crippen LogP contribution in [-0.2, 0) is 4.79 Å². The van der Waals surface area contributed by atoms with E-state index in [0.717, 1.165) is 17.4 Å². The van der Waals surface area contributed by atoms with Crippen LogP contribution in [0.3, 0.4) is 0 Å². The molecule has 9 heteroatoms. The molecular formula is C19H14FN5O2S. The number of hydrogen-bond acceptors (Lipinski definition) is 5. The fourth-order valence-electron chi connectivity index (χ4n) is 2.65. The van der Waals surface area contributed by atoms with Gasteiger partial charge in [-0.2, -0.15) is 0 Å². The average Bonchev–Trinajstić information content (AvgIpc) is 3.11. The first kappa shape index (κ1) is 17.9. The molecule has 0 saturated carbocycles. The highest BCUT2D eigenvalue weighted by Crippen LogP contribution is 2.17. The van der Waals surface area contributed by atoms with Crippen molar-refractivity contribution in [2.24, 2.45) is 0 Å². The predicted molar refractivity (Wildman–Crippen MR) is 104 cm³/mol. The van der Waals surface area contributed by atoms with E-state index in [2.05, 4.69) is 15.5 Å². The molecule has 7 nitrogen and oxygen atoms in total. The maximum absolute atomic E-state index is 13.2. The van der Waals surface area contributed by atoms with Gasteiger partial charge in [-0.3, -0.25) is 18.6 Å². The summed E-state index contributed by atoms with van der Waals surface area (Å²) >= 11 is 1.13. The van der Waals surface area contributed by atoms with Gasteiger partial charge in [-0.15, -0.1) is 10.2 Å². The van der Waals surface area contributed by atoms with Crippen LogP contribution >= 0.6 is 11.8 Å². The number of amides is 1. The maximum Gasteiger partial charge on any atom is 0.300 e. The number of para-hydroxylation sites is 1. The summed E-state index contributed by atoms with van der Waals surface area (Å²) in [6.45, 7) is 0. The Morgan fingerprint density at radius 3 is 2.68 bits per heavy atom. The van der Waals surface area contributed by atoms with Crippen molar-refractivity contribution in [3.63, 3.8) is 0 Å². The molecule has 0 spiro atoms. The molecule has 0 bridgehead atoms. The summed E-state index contributed by atoms with van der Waals surface area (Å²) in [5.41, 5.74) is 0.959. The van der Waals surface area contributed by atoms with E-state index in [-0.39, 0.29) is 22.9 Å². The van der Waals surface area contributed by atoms with Crippen LogP contribution < -0.4 is 10.9 Å². The molecule has 0 aliphatic heterocycles. The first-order chi connectivity index (χ1) is 13.6. The van der Waals surface area contributed by atoms with Crippen molar-refractivity contribution in [3.05, 3.63) is 83.2 Å². The van der Waals surface area contributed by atoms with Crippen LogP contribution in [0.5, 0.6) is 0 Å². The number of anilines is 1. The molecular weight excluding hydrogens is 381 g/mol. The normalized spacial score (nSPS) is 10.9. The van der Waals surface area contributed by atoms with Gasteiger partial charge in [-0.25, -0.2) is 4.39 Å². The van der Waals surface area contributed by atoms with Crippen LogP contribution in [-0.4, -0.2) is 30.8 Å². The number of nitrogens with one attached hydrogen (secondary N) is 1. The first-order valence-corrected chi connectivity index (χ1v) is 9.30. The Morgan fingerprint density at radius 1 is 1.07 bits per heavy atom. The number of hydrogen-bond donors (Lipinski definition) is 1. The number of halogens is 1. The molecule has 140 valence electrons. The van der Waals surface area contributed by atoms with Gasteiger partial charge in [0.05, 0.1) is 5.75 Å². The number of carbonyl (C=O) groups excluding carboxylic acids is 1. The van der Waals surface area contributed by atoms with Gasteiger partial charge >= 0.3 is 5.56 Å². The molecule has 4 rings (SSSR count). The summed E-state index contributed by atoms with van der Waals surface area (Å²) < 4.78 is 16.2. The number of rotatable bonds is 5. The van der Waals surface area contributed by atoms with E-state index in [1.807, 2.05) is 30.3 Å². The fraction of sp³-hybridized carbons (Fsp3) is 0.0526. The van der Waals surface area contributed by atoms with Crippen LogP contribution in [0.15, 0.2) is 76.9 Å². The third-order valence-electron chi connectivity index (χ3n) is 3.91. The molecule has 0 saturated heterocycles. The highest BCUT2D eigenvalue weighted by Gasteiger charge is 2.13. The van der Waals surface area contributed by atoms with E-state index < -0.39 is 5.82 Å². The second-order valence-electron chi connectivity index (χ2n) is 5.83. The van der Waals surface area contributed by atoms with Gasteiger partial charge in [0, 0.05) is 23.8 Å². The third kappa shape index (κ3) is 3.65. The van der Waals surface area contributed by atoms with Crippen molar-refractivity contribution in [1.82, 2.24) is 19.2 Å². The highest BCUT2D eigenvalue weighted by atomic mass is 32.2. The van der Waals surface area contributed by atoms with Crippen molar-refractivity contribution in [2.45, 2.75) is 5.16 Å². The molecule has 0 unspecified atom stereocenters. The molecule has 0 atom stereocenters. The average molecular weight is 395 g/mol. The second kappa shape index (κ2) is 7.65. The van der Waals surface area contributed by atoms with Crippen molar-refractivity contribution in [2.75, 3.05) is 11.1 Å². The minimum absolute atomic E-state index is 0.0408. The minimum atomic E-state index is -0.427. The quantitative estimate of drug-likeness (QED) is 0.526. The van der Waals surface area contributed by atoms with Gasteiger partial charge in [-0.1, -0.05) is 36.0 Å². The molecule has 2 heterocycles. The second-order valence-corrected chi connectivity index (χ2v) is 6.77. The molecule has 0 fully saturated rings. The molecule has 2 aromatic carbocycles. The van der Waals surface area contributed by atoms with Gasteiger partial charge in [-0.05, 0) is 30.3 Å². The van der Waals surface area contributed by atoms with Gasteiger partial charge < -0.3 is 5.32 Å². The van der Waals surface area contributed by atoms with Crippen molar-refractivity contribution in [1.29, 1.82) is 0 Å². The lowest BCUT2D eigenvalue weighted by Crippen LogP contribution is -2.20. The zero-order valence-electron chi connectivity index (χ0n) is 14.4. The van der Waals surface area contributed by atoms with Crippen molar-refractivity contribution < 1.29 is 9.18 Å². The van der Waals surface area contributed by atoms with E-state index in [9.17, 15) is 14.0 Å². The van der Waals surface area contributed by atoms with Crippen LogP contribution in [0.1, 0.15) is 0 Å². The van der Waals surface area contributed by atoms with Crippen LogP contribution in [0.2, 0.25) is 0 Å². The van der Waals surface area contributed by atoms with E-state index in [1.54, 1.807) is 22.9 Å². The molecule has 1 N–H and O–H groups in total. The third-order valence-corrected chi connectivity index (χ3v) is 4.86. The van der Waals surface area contributed by atoms with Gasteiger partial charge in [0.2, 0.25) is 11.6 Å². The molecule has 0 radical (unpaired) electrons. The SMILES string of the molecule is O=C(CSc1nnc2c(=O)n(-c3ccccc3)ccn12)Nc1cccc(F)c1. The summed E-state index contributed by atoms with van der Waals surface area (Å²) in [5.74, 6) is -0.701. The molecule has 28 heavy (non-hydrogen) atoms.